The lowest BCUT2D eigenvalue weighted by Gasteiger charge is -2.27. The average Bonchev–Trinajstić information content (AvgIpc) is 2.88. The molecule has 100 valence electrons. The minimum absolute atomic E-state index is 0.167. The SMILES string of the molecule is CCNC(c1cccc(C2CCC2)c1)c1ccco1. The molecule has 1 heterocycles. The summed E-state index contributed by atoms with van der Waals surface area (Å²) in [6.07, 6.45) is 5.81. The third kappa shape index (κ3) is 2.59. The van der Waals surface area contributed by atoms with Crippen LogP contribution in [0.3, 0.4) is 0 Å². The van der Waals surface area contributed by atoms with E-state index in [4.69, 9.17) is 4.42 Å². The highest BCUT2D eigenvalue weighted by atomic mass is 16.3. The second-order valence-corrected chi connectivity index (χ2v) is 5.30. The molecule has 1 atom stereocenters. The van der Waals surface area contributed by atoms with Gasteiger partial charge in [-0.3, -0.25) is 0 Å². The quantitative estimate of drug-likeness (QED) is 0.864. The third-order valence-electron chi connectivity index (χ3n) is 4.06. The summed E-state index contributed by atoms with van der Waals surface area (Å²) in [7, 11) is 0. The molecular formula is C17H21NO. The van der Waals surface area contributed by atoms with Gasteiger partial charge in [-0.2, -0.15) is 0 Å². The van der Waals surface area contributed by atoms with Gasteiger partial charge in [-0.25, -0.2) is 0 Å². The number of hydrogen-bond acceptors (Lipinski definition) is 2. The molecule has 1 aliphatic rings. The van der Waals surface area contributed by atoms with Gasteiger partial charge in [-0.1, -0.05) is 37.6 Å². The van der Waals surface area contributed by atoms with Gasteiger partial charge in [0.1, 0.15) is 5.76 Å². The van der Waals surface area contributed by atoms with Crippen molar-refractivity contribution in [2.75, 3.05) is 6.54 Å². The summed E-state index contributed by atoms with van der Waals surface area (Å²) in [4.78, 5) is 0. The fourth-order valence-electron chi connectivity index (χ4n) is 2.78. The van der Waals surface area contributed by atoms with E-state index in [1.165, 1.54) is 30.4 Å². The van der Waals surface area contributed by atoms with Crippen LogP contribution in [0.2, 0.25) is 0 Å². The Morgan fingerprint density at radius 1 is 1.26 bits per heavy atom. The van der Waals surface area contributed by atoms with Crippen molar-refractivity contribution in [3.8, 4) is 0 Å². The molecule has 0 spiro atoms. The zero-order valence-corrected chi connectivity index (χ0v) is 11.4. The first-order chi connectivity index (χ1) is 9.38. The number of hydrogen-bond donors (Lipinski definition) is 1. The first-order valence-electron chi connectivity index (χ1n) is 7.25. The van der Waals surface area contributed by atoms with E-state index in [1.54, 1.807) is 6.26 Å². The number of benzene rings is 1. The van der Waals surface area contributed by atoms with Crippen molar-refractivity contribution in [3.63, 3.8) is 0 Å². The lowest BCUT2D eigenvalue weighted by molar-refractivity contribution is 0.418. The predicted octanol–water partition coefficient (Wildman–Crippen LogP) is 4.25. The molecule has 1 unspecified atom stereocenters. The van der Waals surface area contributed by atoms with Crippen LogP contribution < -0.4 is 5.32 Å². The van der Waals surface area contributed by atoms with Crippen molar-refractivity contribution in [3.05, 3.63) is 59.5 Å². The van der Waals surface area contributed by atoms with Crippen LogP contribution in [0.15, 0.2) is 47.1 Å². The summed E-state index contributed by atoms with van der Waals surface area (Å²) in [6.45, 7) is 3.06. The molecule has 2 heteroatoms. The Morgan fingerprint density at radius 2 is 2.16 bits per heavy atom. The van der Waals surface area contributed by atoms with E-state index < -0.39 is 0 Å². The van der Waals surface area contributed by atoms with Crippen molar-refractivity contribution < 1.29 is 4.42 Å². The second kappa shape index (κ2) is 5.62. The molecule has 19 heavy (non-hydrogen) atoms. The fraction of sp³-hybridized carbons (Fsp3) is 0.412. The van der Waals surface area contributed by atoms with Gasteiger partial charge in [0, 0.05) is 0 Å². The van der Waals surface area contributed by atoms with Crippen LogP contribution in [0.1, 0.15) is 55.0 Å². The van der Waals surface area contributed by atoms with Gasteiger partial charge in [0.05, 0.1) is 12.3 Å². The molecule has 1 saturated carbocycles. The summed E-state index contributed by atoms with van der Waals surface area (Å²) in [5, 5.41) is 3.51. The van der Waals surface area contributed by atoms with Gasteiger partial charge in [0.25, 0.3) is 0 Å². The van der Waals surface area contributed by atoms with Crippen molar-refractivity contribution >= 4 is 0 Å². The Morgan fingerprint density at radius 3 is 2.79 bits per heavy atom. The monoisotopic (exact) mass is 255 g/mol. The van der Waals surface area contributed by atoms with Crippen LogP contribution in [0, 0.1) is 0 Å². The molecule has 0 bridgehead atoms. The van der Waals surface area contributed by atoms with Crippen molar-refractivity contribution in [2.45, 2.75) is 38.1 Å². The standard InChI is InChI=1S/C17H21NO/c1-2-18-17(16-10-5-11-19-16)15-9-4-8-14(12-15)13-6-3-7-13/h4-5,8-13,17-18H,2-3,6-7H2,1H3. The van der Waals surface area contributed by atoms with Crippen LogP contribution in [0.5, 0.6) is 0 Å². The summed E-state index contributed by atoms with van der Waals surface area (Å²) in [5.74, 6) is 1.77. The molecule has 2 nitrogen and oxygen atoms in total. The topological polar surface area (TPSA) is 25.2 Å². The molecule has 3 rings (SSSR count). The summed E-state index contributed by atoms with van der Waals surface area (Å²) < 4.78 is 5.58. The second-order valence-electron chi connectivity index (χ2n) is 5.30. The van der Waals surface area contributed by atoms with Gasteiger partial charge in [-0.05, 0) is 48.6 Å². The van der Waals surface area contributed by atoms with Crippen LogP contribution in [0.25, 0.3) is 0 Å². The first-order valence-corrected chi connectivity index (χ1v) is 7.25. The zero-order valence-electron chi connectivity index (χ0n) is 11.4. The summed E-state index contributed by atoms with van der Waals surface area (Å²) in [5.41, 5.74) is 2.79. The van der Waals surface area contributed by atoms with E-state index in [1.807, 2.05) is 12.1 Å². The average molecular weight is 255 g/mol. The molecule has 0 aliphatic heterocycles. The van der Waals surface area contributed by atoms with Crippen LogP contribution in [-0.2, 0) is 0 Å². The van der Waals surface area contributed by atoms with E-state index in [2.05, 4.69) is 36.5 Å². The number of nitrogens with one attached hydrogen (secondary N) is 1. The van der Waals surface area contributed by atoms with Crippen LogP contribution >= 0.6 is 0 Å². The lowest BCUT2D eigenvalue weighted by Crippen LogP contribution is -2.22. The Bertz CT molecular complexity index is 514. The lowest BCUT2D eigenvalue weighted by atomic mass is 9.79. The Balaban J connectivity index is 1.89. The molecule has 1 aromatic heterocycles. The minimum atomic E-state index is 0.167. The molecule has 1 aliphatic carbocycles. The maximum Gasteiger partial charge on any atom is 0.125 e. The fourth-order valence-corrected chi connectivity index (χ4v) is 2.78. The van der Waals surface area contributed by atoms with E-state index in [-0.39, 0.29) is 6.04 Å². The van der Waals surface area contributed by atoms with Gasteiger partial charge >= 0.3 is 0 Å². The largest absolute Gasteiger partial charge is 0.467 e. The van der Waals surface area contributed by atoms with Crippen molar-refractivity contribution in [2.24, 2.45) is 0 Å². The maximum absolute atomic E-state index is 5.58. The number of rotatable bonds is 5. The van der Waals surface area contributed by atoms with E-state index >= 15 is 0 Å². The molecule has 0 radical (unpaired) electrons. The Hall–Kier alpha value is -1.54. The molecular weight excluding hydrogens is 234 g/mol. The highest BCUT2D eigenvalue weighted by Gasteiger charge is 2.21. The molecule has 1 fully saturated rings. The van der Waals surface area contributed by atoms with Crippen LogP contribution in [-0.4, -0.2) is 6.54 Å². The highest BCUT2D eigenvalue weighted by molar-refractivity contribution is 5.33. The first kappa shape index (κ1) is 12.5. The van der Waals surface area contributed by atoms with Gasteiger partial charge in [0.15, 0.2) is 0 Å². The molecule has 0 saturated heterocycles. The highest BCUT2D eigenvalue weighted by Crippen LogP contribution is 2.37. The normalized spacial score (nSPS) is 17.1. The summed E-state index contributed by atoms with van der Waals surface area (Å²) in [6, 6.07) is 13.1. The van der Waals surface area contributed by atoms with Gasteiger partial charge < -0.3 is 9.73 Å². The molecule has 2 aromatic rings. The van der Waals surface area contributed by atoms with Gasteiger partial charge in [-0.15, -0.1) is 0 Å². The Labute approximate surface area is 114 Å². The zero-order chi connectivity index (χ0) is 13.1. The van der Waals surface area contributed by atoms with Gasteiger partial charge in [0.2, 0.25) is 0 Å². The third-order valence-corrected chi connectivity index (χ3v) is 4.06. The predicted molar refractivity (Wildman–Crippen MR) is 77.3 cm³/mol. The minimum Gasteiger partial charge on any atom is -0.467 e. The summed E-state index contributed by atoms with van der Waals surface area (Å²) >= 11 is 0. The van der Waals surface area contributed by atoms with E-state index in [0.717, 1.165) is 18.2 Å². The number of furan rings is 1. The smallest absolute Gasteiger partial charge is 0.125 e. The molecule has 1 N–H and O–H groups in total. The van der Waals surface area contributed by atoms with Crippen LogP contribution in [0.4, 0.5) is 0 Å². The molecule has 0 amide bonds. The van der Waals surface area contributed by atoms with Crippen molar-refractivity contribution in [1.82, 2.24) is 5.32 Å². The van der Waals surface area contributed by atoms with Crippen molar-refractivity contribution in [1.29, 1.82) is 0 Å². The van der Waals surface area contributed by atoms with E-state index in [9.17, 15) is 0 Å². The molecule has 1 aromatic carbocycles. The Kier molecular flexibility index (Phi) is 3.69. The van der Waals surface area contributed by atoms with E-state index in [0.29, 0.717) is 0 Å². The maximum atomic E-state index is 5.58.